The van der Waals surface area contributed by atoms with Crippen molar-refractivity contribution in [2.75, 3.05) is 21.3 Å². The van der Waals surface area contributed by atoms with Gasteiger partial charge in [0.25, 0.3) is 0 Å². The van der Waals surface area contributed by atoms with Crippen LogP contribution in [-0.2, 0) is 0 Å². The van der Waals surface area contributed by atoms with E-state index in [-0.39, 0.29) is 17.3 Å². The minimum atomic E-state index is -0.467. The molecule has 8 nitrogen and oxygen atoms in total. The molecule has 0 saturated heterocycles. The predicted molar refractivity (Wildman–Crippen MR) is 178 cm³/mol. The van der Waals surface area contributed by atoms with Crippen LogP contribution < -0.4 is 18.9 Å². The third-order valence-corrected chi connectivity index (χ3v) is 6.75. The van der Waals surface area contributed by atoms with Gasteiger partial charge in [-0.05, 0) is 110 Å². The first kappa shape index (κ1) is 34.7. The van der Waals surface area contributed by atoms with Gasteiger partial charge in [0.05, 0.1) is 26.9 Å². The van der Waals surface area contributed by atoms with Crippen LogP contribution in [0.2, 0.25) is 0 Å². The van der Waals surface area contributed by atoms with Gasteiger partial charge >= 0.3 is 5.97 Å². The fraction of sp³-hybridized carbons (Fsp3) is 0.158. The van der Waals surface area contributed by atoms with E-state index in [1.807, 2.05) is 36.4 Å². The van der Waals surface area contributed by atoms with Crippen LogP contribution in [-0.4, -0.2) is 44.6 Å². The third kappa shape index (κ3) is 10.2. The smallest absolute Gasteiger partial charge is 0.343 e. The highest BCUT2D eigenvalue weighted by atomic mass is 16.5. The number of carbonyl (C=O) groups excluding carboxylic acids is 4. The highest BCUT2D eigenvalue weighted by Gasteiger charge is 2.09. The van der Waals surface area contributed by atoms with Crippen LogP contribution in [0.3, 0.4) is 0 Å². The predicted octanol–water partition coefficient (Wildman–Crippen LogP) is 8.07. The summed E-state index contributed by atoms with van der Waals surface area (Å²) < 4.78 is 20.3. The summed E-state index contributed by atoms with van der Waals surface area (Å²) in [6.45, 7) is 4.59. The Morgan fingerprint density at radius 3 is 1.22 bits per heavy atom. The minimum Gasteiger partial charge on any atom is -0.497 e. The second-order valence-electron chi connectivity index (χ2n) is 9.97. The van der Waals surface area contributed by atoms with Crippen LogP contribution >= 0.6 is 0 Å². The van der Waals surface area contributed by atoms with Gasteiger partial charge in [-0.15, -0.1) is 0 Å². The summed E-state index contributed by atoms with van der Waals surface area (Å²) in [5.74, 6) is 2.39. The van der Waals surface area contributed by atoms with Crippen LogP contribution in [0.25, 0.3) is 10.8 Å². The summed E-state index contributed by atoms with van der Waals surface area (Å²) in [4.78, 5) is 45.1. The molecule has 5 aromatic carbocycles. The van der Waals surface area contributed by atoms with Gasteiger partial charge in [0.2, 0.25) is 0 Å². The molecular formula is C38H36O8. The highest BCUT2D eigenvalue weighted by molar-refractivity contribution is 5.99. The van der Waals surface area contributed by atoms with Gasteiger partial charge in [-0.3, -0.25) is 14.4 Å². The normalized spacial score (nSPS) is 9.87. The zero-order valence-electron chi connectivity index (χ0n) is 26.7. The van der Waals surface area contributed by atoms with Crippen molar-refractivity contribution in [2.24, 2.45) is 0 Å². The van der Waals surface area contributed by atoms with Crippen molar-refractivity contribution in [1.29, 1.82) is 0 Å². The maximum atomic E-state index is 11.9. The SMILES string of the molecule is COc1ccc(C(C)=O)cc1.COc1ccc(OC(=O)c2ccc(C(C)=O)cc2)cc1.COc1ccc2cc(C(C)=O)ccc2c1. The van der Waals surface area contributed by atoms with Crippen LogP contribution in [0.4, 0.5) is 0 Å². The van der Waals surface area contributed by atoms with Crippen molar-refractivity contribution in [2.45, 2.75) is 20.8 Å². The molecule has 0 amide bonds. The Morgan fingerprint density at radius 1 is 0.391 bits per heavy atom. The number of ketones is 3. The number of benzene rings is 5. The number of ether oxygens (including phenoxy) is 4. The lowest BCUT2D eigenvalue weighted by atomic mass is 10.0. The molecule has 0 aliphatic rings. The molecule has 0 N–H and O–H groups in total. The average molecular weight is 621 g/mol. The van der Waals surface area contributed by atoms with E-state index in [9.17, 15) is 19.2 Å². The molecule has 0 heterocycles. The van der Waals surface area contributed by atoms with Crippen molar-refractivity contribution in [3.63, 3.8) is 0 Å². The molecule has 0 aliphatic heterocycles. The quantitative estimate of drug-likeness (QED) is 0.0974. The molecule has 5 rings (SSSR count). The van der Waals surface area contributed by atoms with E-state index in [4.69, 9.17) is 18.9 Å². The van der Waals surface area contributed by atoms with Gasteiger partial charge in [0.1, 0.15) is 23.0 Å². The van der Waals surface area contributed by atoms with E-state index in [1.165, 1.54) is 6.92 Å². The lowest BCUT2D eigenvalue weighted by Crippen LogP contribution is -2.08. The van der Waals surface area contributed by atoms with E-state index < -0.39 is 5.97 Å². The first-order valence-electron chi connectivity index (χ1n) is 14.3. The molecule has 46 heavy (non-hydrogen) atoms. The monoisotopic (exact) mass is 620 g/mol. The molecular weight excluding hydrogens is 584 g/mol. The van der Waals surface area contributed by atoms with Crippen LogP contribution in [0.1, 0.15) is 62.2 Å². The summed E-state index contributed by atoms with van der Waals surface area (Å²) in [6.07, 6.45) is 0. The summed E-state index contributed by atoms with van der Waals surface area (Å²) in [5, 5.41) is 2.14. The number of esters is 1. The summed E-state index contributed by atoms with van der Waals surface area (Å²) in [7, 11) is 4.81. The number of hydrogen-bond acceptors (Lipinski definition) is 8. The van der Waals surface area contributed by atoms with Crippen molar-refractivity contribution >= 4 is 34.1 Å². The number of hydrogen-bond donors (Lipinski definition) is 0. The average Bonchev–Trinajstić information content (AvgIpc) is 3.08. The van der Waals surface area contributed by atoms with E-state index in [1.54, 1.807) is 108 Å². The largest absolute Gasteiger partial charge is 0.497 e. The molecule has 0 unspecified atom stereocenters. The molecule has 5 aromatic rings. The highest BCUT2D eigenvalue weighted by Crippen LogP contribution is 2.22. The molecule has 0 saturated carbocycles. The van der Waals surface area contributed by atoms with Crippen molar-refractivity contribution in [3.05, 3.63) is 131 Å². The Kier molecular flexibility index (Phi) is 12.8. The van der Waals surface area contributed by atoms with Gasteiger partial charge in [0.15, 0.2) is 17.3 Å². The molecule has 0 aliphatic carbocycles. The van der Waals surface area contributed by atoms with Gasteiger partial charge < -0.3 is 18.9 Å². The molecule has 0 bridgehead atoms. The summed E-state index contributed by atoms with van der Waals surface area (Å²) in [6, 6.07) is 31.6. The second-order valence-corrected chi connectivity index (χ2v) is 9.97. The van der Waals surface area contributed by atoms with Gasteiger partial charge in [-0.1, -0.05) is 30.3 Å². The molecule has 0 atom stereocenters. The van der Waals surface area contributed by atoms with E-state index >= 15 is 0 Å². The zero-order valence-corrected chi connectivity index (χ0v) is 26.7. The molecule has 0 spiro atoms. The Hall–Kier alpha value is -5.76. The van der Waals surface area contributed by atoms with Crippen molar-refractivity contribution in [3.8, 4) is 23.0 Å². The van der Waals surface area contributed by atoms with Gasteiger partial charge in [0, 0.05) is 16.7 Å². The molecule has 0 aromatic heterocycles. The molecule has 8 heteroatoms. The Morgan fingerprint density at radius 2 is 0.739 bits per heavy atom. The molecule has 0 radical (unpaired) electrons. The number of carbonyl (C=O) groups is 4. The minimum absolute atomic E-state index is 0.0416. The first-order chi connectivity index (χ1) is 22.0. The van der Waals surface area contributed by atoms with Crippen LogP contribution in [0.5, 0.6) is 23.0 Å². The maximum absolute atomic E-state index is 11.9. The maximum Gasteiger partial charge on any atom is 0.343 e. The third-order valence-electron chi connectivity index (χ3n) is 6.75. The standard InChI is InChI=1S/C16H14O4.C13H12O2.C9H10O2/c1-11(17)12-3-5-13(6-4-12)16(18)20-15-9-7-14(19-2)8-10-15;1-9(14)10-3-4-12-8-13(15-2)6-5-11(12)7-10;1-7(10)8-3-5-9(11-2)6-4-8/h3-10H,1-2H3;3-8H,1-2H3;3-6H,1-2H3. The zero-order chi connectivity index (χ0) is 33.6. The summed E-state index contributed by atoms with van der Waals surface area (Å²) in [5.41, 5.74) is 2.41. The number of methoxy groups -OCH3 is 3. The fourth-order valence-corrected chi connectivity index (χ4v) is 4.05. The number of fused-ring (bicyclic) bond motifs is 1. The topological polar surface area (TPSA) is 105 Å². The van der Waals surface area contributed by atoms with E-state index in [0.29, 0.717) is 28.2 Å². The fourth-order valence-electron chi connectivity index (χ4n) is 4.05. The van der Waals surface area contributed by atoms with Crippen LogP contribution in [0.15, 0.2) is 109 Å². The molecule has 236 valence electrons. The van der Waals surface area contributed by atoms with Crippen LogP contribution in [0, 0.1) is 0 Å². The molecule has 0 fully saturated rings. The lowest BCUT2D eigenvalue weighted by molar-refractivity contribution is 0.0733. The Balaban J connectivity index is 0.000000197. The lowest BCUT2D eigenvalue weighted by Gasteiger charge is -2.05. The van der Waals surface area contributed by atoms with E-state index in [2.05, 4.69) is 0 Å². The number of rotatable bonds is 8. The first-order valence-corrected chi connectivity index (χ1v) is 14.3. The Bertz CT molecular complexity index is 1790. The van der Waals surface area contributed by atoms with Crippen molar-refractivity contribution < 1.29 is 38.1 Å². The van der Waals surface area contributed by atoms with E-state index in [0.717, 1.165) is 27.8 Å². The second kappa shape index (κ2) is 16.9. The summed E-state index contributed by atoms with van der Waals surface area (Å²) >= 11 is 0. The number of Topliss-reactive ketones (excluding diaryl/α,β-unsaturated/α-hetero) is 3. The van der Waals surface area contributed by atoms with Gasteiger partial charge in [-0.25, -0.2) is 4.79 Å². The van der Waals surface area contributed by atoms with Gasteiger partial charge in [-0.2, -0.15) is 0 Å². The Labute approximate surface area is 268 Å². The van der Waals surface area contributed by atoms with Crippen molar-refractivity contribution in [1.82, 2.24) is 0 Å².